The van der Waals surface area contributed by atoms with Gasteiger partial charge in [-0.1, -0.05) is 76.9 Å². The van der Waals surface area contributed by atoms with Gasteiger partial charge >= 0.3 is 6.09 Å². The Morgan fingerprint density at radius 1 is 0.907 bits per heavy atom. The molecule has 3 rings (SSSR count). The van der Waals surface area contributed by atoms with Crippen molar-refractivity contribution in [1.82, 2.24) is 10.6 Å². The number of carbonyl (C=O) groups excluding carboxylic acids is 2. The zero-order valence-electron chi connectivity index (χ0n) is 24.5. The molecule has 0 radical (unpaired) electrons. The van der Waals surface area contributed by atoms with Crippen LogP contribution in [0.4, 0.5) is 10.5 Å². The van der Waals surface area contributed by atoms with Crippen LogP contribution in [0.5, 0.6) is 5.75 Å². The predicted octanol–water partition coefficient (Wildman–Crippen LogP) is 6.92. The second-order valence-electron chi connectivity index (χ2n) is 10.8. The van der Waals surface area contributed by atoms with Crippen LogP contribution in [0.25, 0.3) is 0 Å². The van der Waals surface area contributed by atoms with Gasteiger partial charge in [0.2, 0.25) is 11.8 Å². The molecule has 0 aromatic heterocycles. The Kier molecular flexibility index (Phi) is 12.4. The van der Waals surface area contributed by atoms with Gasteiger partial charge in [-0.15, -0.1) is 0 Å². The minimum Gasteiger partial charge on any atom is -0.491 e. The highest BCUT2D eigenvalue weighted by atomic mass is 79.9. The third-order valence-electron chi connectivity index (χ3n) is 6.47. The maximum absolute atomic E-state index is 13.7. The van der Waals surface area contributed by atoms with E-state index in [4.69, 9.17) is 21.1 Å². The van der Waals surface area contributed by atoms with E-state index < -0.39 is 35.9 Å². The van der Waals surface area contributed by atoms with Crippen molar-refractivity contribution in [2.24, 2.45) is 0 Å². The van der Waals surface area contributed by atoms with Crippen molar-refractivity contribution in [3.8, 4) is 5.75 Å². The van der Waals surface area contributed by atoms with Crippen LogP contribution in [0.2, 0.25) is 5.02 Å². The Bertz CT molecular complexity index is 1380. The molecule has 4 N–H and O–H groups in total. The normalized spacial score (nSPS) is 13.3. The van der Waals surface area contributed by atoms with E-state index in [2.05, 4.69) is 31.9 Å². The van der Waals surface area contributed by atoms with Crippen molar-refractivity contribution < 1.29 is 29.0 Å². The number of ether oxygens (including phenoxy) is 2. The Balaban J connectivity index is 1.85. The van der Waals surface area contributed by atoms with Crippen LogP contribution in [0.3, 0.4) is 0 Å². The second-order valence-corrected chi connectivity index (χ2v) is 12.1. The van der Waals surface area contributed by atoms with Gasteiger partial charge in [-0.05, 0) is 68.7 Å². The summed E-state index contributed by atoms with van der Waals surface area (Å²) in [4.78, 5) is 39.1. The highest BCUT2D eigenvalue weighted by Gasteiger charge is 2.33. The predicted molar refractivity (Wildman–Crippen MR) is 171 cm³/mol. The summed E-state index contributed by atoms with van der Waals surface area (Å²) in [5, 5.41) is 17.8. The zero-order chi connectivity index (χ0) is 31.6. The zero-order valence-corrected chi connectivity index (χ0v) is 26.9. The molecule has 0 aliphatic rings. The summed E-state index contributed by atoms with van der Waals surface area (Å²) in [7, 11) is 0. The van der Waals surface area contributed by atoms with E-state index in [-0.39, 0.29) is 5.60 Å². The number of nitrogens with one attached hydrogen (secondary N) is 3. The molecule has 0 fully saturated rings. The highest BCUT2D eigenvalue weighted by molar-refractivity contribution is 9.10. The molecule has 3 amide bonds. The molecule has 3 aromatic rings. The van der Waals surface area contributed by atoms with Gasteiger partial charge in [0.25, 0.3) is 0 Å². The van der Waals surface area contributed by atoms with Crippen LogP contribution in [0.1, 0.15) is 57.2 Å². The molecule has 0 bridgehead atoms. The summed E-state index contributed by atoms with van der Waals surface area (Å²) in [6.07, 6.45) is -0.879. The molecule has 3 atom stereocenters. The number of anilines is 1. The van der Waals surface area contributed by atoms with Gasteiger partial charge in [0.15, 0.2) is 0 Å². The van der Waals surface area contributed by atoms with Crippen molar-refractivity contribution in [2.45, 2.75) is 57.7 Å². The molecular weight excluding hydrogens is 638 g/mol. The average Bonchev–Trinajstić information content (AvgIpc) is 2.95. The average molecular weight is 675 g/mol. The summed E-state index contributed by atoms with van der Waals surface area (Å²) in [5.74, 6) is -1.07. The van der Waals surface area contributed by atoms with Crippen molar-refractivity contribution in [1.29, 1.82) is 0 Å². The van der Waals surface area contributed by atoms with E-state index in [0.717, 1.165) is 10.0 Å². The fourth-order valence-electron chi connectivity index (χ4n) is 4.44. The van der Waals surface area contributed by atoms with Gasteiger partial charge in [0.05, 0.1) is 22.9 Å². The monoisotopic (exact) mass is 673 g/mol. The molecule has 0 aliphatic carbocycles. The van der Waals surface area contributed by atoms with Crippen LogP contribution in [-0.2, 0) is 14.3 Å². The first-order valence-corrected chi connectivity index (χ1v) is 15.0. The molecule has 43 heavy (non-hydrogen) atoms. The lowest BCUT2D eigenvalue weighted by Crippen LogP contribution is -2.51. The van der Waals surface area contributed by atoms with Crippen LogP contribution in [0, 0.1) is 0 Å². The number of amides is 3. The summed E-state index contributed by atoms with van der Waals surface area (Å²) in [6.45, 7) is 8.49. The van der Waals surface area contributed by atoms with Gasteiger partial charge in [0.1, 0.15) is 24.4 Å². The van der Waals surface area contributed by atoms with Gasteiger partial charge < -0.3 is 30.5 Å². The first kappa shape index (κ1) is 33.9. The summed E-state index contributed by atoms with van der Waals surface area (Å²) in [5.41, 5.74) is 1.31. The SMILES string of the molecule is CC[C@H](c1ccccc1)[C@H](NC(=O)C(NC(=O)O)c1ccc(OCCOC(C)(C)C)cc1)C(=O)Nc1ccc(Br)cc1Cl. The summed E-state index contributed by atoms with van der Waals surface area (Å²) >= 11 is 9.70. The number of carboxylic acid groups (broad SMARTS) is 1. The standard InChI is InChI=1S/C32H37BrClN3O6/c1-5-24(20-9-7-6-8-10-20)28(30(39)35-26-16-13-22(33)19-25(26)34)36-29(38)27(37-31(40)41)21-11-14-23(15-12-21)42-17-18-43-32(2,3)4/h6-16,19,24,27-28,37H,5,17-18H2,1-4H3,(H,35,39)(H,36,38)(H,40,41)/t24-,27?,28+/m1/s1. The molecule has 3 aromatic carbocycles. The molecule has 0 saturated heterocycles. The van der Waals surface area contributed by atoms with E-state index >= 15 is 0 Å². The second kappa shape index (κ2) is 15.7. The molecular formula is C32H37BrClN3O6. The quantitative estimate of drug-likeness (QED) is 0.146. The highest BCUT2D eigenvalue weighted by Crippen LogP contribution is 2.29. The third kappa shape index (κ3) is 10.6. The molecule has 0 heterocycles. The first-order chi connectivity index (χ1) is 20.4. The first-order valence-electron chi connectivity index (χ1n) is 13.9. The molecule has 0 saturated carbocycles. The lowest BCUT2D eigenvalue weighted by molar-refractivity contribution is -0.128. The maximum atomic E-state index is 13.7. The van der Waals surface area contributed by atoms with Crippen LogP contribution in [0.15, 0.2) is 77.3 Å². The van der Waals surface area contributed by atoms with Crippen molar-refractivity contribution >= 4 is 51.1 Å². The minimum absolute atomic E-state index is 0.285. The van der Waals surface area contributed by atoms with E-state index in [1.807, 2.05) is 58.0 Å². The molecule has 0 aliphatic heterocycles. The smallest absolute Gasteiger partial charge is 0.405 e. The van der Waals surface area contributed by atoms with Gasteiger partial charge in [0, 0.05) is 10.4 Å². The molecule has 9 nitrogen and oxygen atoms in total. The van der Waals surface area contributed by atoms with Crippen LogP contribution >= 0.6 is 27.5 Å². The number of halogens is 2. The molecule has 230 valence electrons. The van der Waals surface area contributed by atoms with E-state index in [1.165, 1.54) is 0 Å². The number of carbonyl (C=O) groups is 3. The summed E-state index contributed by atoms with van der Waals surface area (Å²) in [6, 6.07) is 18.5. The van der Waals surface area contributed by atoms with Crippen molar-refractivity contribution in [2.75, 3.05) is 18.5 Å². The van der Waals surface area contributed by atoms with Gasteiger partial charge in [-0.2, -0.15) is 0 Å². The van der Waals surface area contributed by atoms with Crippen molar-refractivity contribution in [3.63, 3.8) is 0 Å². The Morgan fingerprint density at radius 2 is 1.58 bits per heavy atom. The number of hydrogen-bond donors (Lipinski definition) is 4. The number of rotatable bonds is 13. The number of benzene rings is 3. The van der Waals surface area contributed by atoms with E-state index in [0.29, 0.717) is 41.7 Å². The number of hydrogen-bond acceptors (Lipinski definition) is 5. The van der Waals surface area contributed by atoms with Gasteiger partial charge in [-0.3, -0.25) is 9.59 Å². The summed E-state index contributed by atoms with van der Waals surface area (Å²) < 4.78 is 12.1. The lowest BCUT2D eigenvalue weighted by Gasteiger charge is -2.29. The minimum atomic E-state index is -1.39. The fourth-order valence-corrected chi connectivity index (χ4v) is 5.16. The van der Waals surface area contributed by atoms with Crippen LogP contribution < -0.4 is 20.7 Å². The van der Waals surface area contributed by atoms with E-state index in [9.17, 15) is 19.5 Å². The van der Waals surface area contributed by atoms with Crippen LogP contribution in [-0.4, -0.2) is 47.9 Å². The lowest BCUT2D eigenvalue weighted by atomic mass is 9.88. The Morgan fingerprint density at radius 3 is 2.16 bits per heavy atom. The topological polar surface area (TPSA) is 126 Å². The largest absolute Gasteiger partial charge is 0.491 e. The molecule has 11 heteroatoms. The third-order valence-corrected chi connectivity index (χ3v) is 7.28. The molecule has 1 unspecified atom stereocenters. The Hall–Kier alpha value is -3.60. The Labute approximate surface area is 265 Å². The molecule has 0 spiro atoms. The van der Waals surface area contributed by atoms with Gasteiger partial charge in [-0.25, -0.2) is 4.79 Å². The fraction of sp³-hybridized carbons (Fsp3) is 0.344. The maximum Gasteiger partial charge on any atom is 0.405 e. The van der Waals surface area contributed by atoms with E-state index in [1.54, 1.807) is 42.5 Å². The van der Waals surface area contributed by atoms with Crippen molar-refractivity contribution in [3.05, 3.63) is 93.4 Å².